The minimum atomic E-state index is -3.87. The molecule has 130 valence electrons. The van der Waals surface area contributed by atoms with E-state index in [4.69, 9.17) is 0 Å². The molecule has 3 rings (SSSR count). The molecular weight excluding hydrogens is 340 g/mol. The van der Waals surface area contributed by atoms with Crippen molar-refractivity contribution in [2.75, 3.05) is 5.32 Å². The molecule has 1 fully saturated rings. The maximum absolute atomic E-state index is 12.3. The van der Waals surface area contributed by atoms with Crippen molar-refractivity contribution in [2.24, 2.45) is 5.92 Å². The van der Waals surface area contributed by atoms with Gasteiger partial charge in [0.25, 0.3) is 10.0 Å². The van der Waals surface area contributed by atoms with Crippen molar-refractivity contribution in [3.63, 3.8) is 0 Å². The van der Waals surface area contributed by atoms with E-state index in [1.54, 1.807) is 0 Å². The molecular formula is C18H18N2O4S. The SMILES string of the molecule is CC(=O)NS(=O)(=O)c1ccc(NC(=O)C2CC2c2ccccc2)cc1. The number of hydrogen-bond donors (Lipinski definition) is 2. The molecule has 0 radical (unpaired) electrons. The van der Waals surface area contributed by atoms with Crippen molar-refractivity contribution in [3.05, 3.63) is 60.2 Å². The maximum atomic E-state index is 12.3. The van der Waals surface area contributed by atoms with Crippen LogP contribution in [-0.4, -0.2) is 20.2 Å². The Kier molecular flexibility index (Phi) is 4.59. The van der Waals surface area contributed by atoms with Crippen LogP contribution in [0.25, 0.3) is 0 Å². The summed E-state index contributed by atoms with van der Waals surface area (Å²) in [6, 6.07) is 15.6. The maximum Gasteiger partial charge on any atom is 0.264 e. The molecule has 0 aliphatic heterocycles. The number of hydrogen-bond acceptors (Lipinski definition) is 4. The summed E-state index contributed by atoms with van der Waals surface area (Å²) in [6.45, 7) is 1.13. The van der Waals surface area contributed by atoms with Gasteiger partial charge in [0.05, 0.1) is 4.90 Å². The molecule has 0 saturated heterocycles. The number of benzene rings is 2. The third-order valence-electron chi connectivity index (χ3n) is 4.07. The summed E-state index contributed by atoms with van der Waals surface area (Å²) in [5.41, 5.74) is 1.67. The van der Waals surface area contributed by atoms with Gasteiger partial charge in [-0.3, -0.25) is 9.59 Å². The molecule has 2 aromatic carbocycles. The largest absolute Gasteiger partial charge is 0.326 e. The second-order valence-corrected chi connectivity index (χ2v) is 7.72. The highest BCUT2D eigenvalue weighted by molar-refractivity contribution is 7.90. The Labute approximate surface area is 146 Å². The molecule has 2 aromatic rings. The molecule has 25 heavy (non-hydrogen) atoms. The van der Waals surface area contributed by atoms with Crippen LogP contribution in [0, 0.1) is 5.92 Å². The minimum absolute atomic E-state index is 0.0331. The van der Waals surface area contributed by atoms with E-state index in [0.29, 0.717) is 5.69 Å². The van der Waals surface area contributed by atoms with E-state index in [0.717, 1.165) is 18.9 Å². The summed E-state index contributed by atoms with van der Waals surface area (Å²) in [5.74, 6) is -0.560. The van der Waals surface area contributed by atoms with Crippen LogP contribution in [0.3, 0.4) is 0 Å². The van der Waals surface area contributed by atoms with Crippen LogP contribution in [0.4, 0.5) is 5.69 Å². The van der Waals surface area contributed by atoms with Crippen LogP contribution in [0.1, 0.15) is 24.8 Å². The van der Waals surface area contributed by atoms with Gasteiger partial charge in [-0.2, -0.15) is 0 Å². The van der Waals surface area contributed by atoms with Crippen molar-refractivity contribution >= 4 is 27.5 Å². The molecule has 0 heterocycles. The number of carbonyl (C=O) groups excluding carboxylic acids is 2. The van der Waals surface area contributed by atoms with Gasteiger partial charge in [-0.15, -0.1) is 0 Å². The van der Waals surface area contributed by atoms with Crippen LogP contribution in [0.2, 0.25) is 0 Å². The van der Waals surface area contributed by atoms with Crippen molar-refractivity contribution in [1.29, 1.82) is 0 Å². The van der Waals surface area contributed by atoms with Crippen LogP contribution < -0.4 is 10.0 Å². The lowest BCUT2D eigenvalue weighted by molar-refractivity contribution is -0.118. The Hall–Kier alpha value is -2.67. The highest BCUT2D eigenvalue weighted by Crippen LogP contribution is 2.47. The van der Waals surface area contributed by atoms with Gasteiger partial charge in [0, 0.05) is 18.5 Å². The molecule has 0 aromatic heterocycles. The average molecular weight is 358 g/mol. The predicted octanol–water partition coefficient (Wildman–Crippen LogP) is 2.25. The van der Waals surface area contributed by atoms with Crippen molar-refractivity contribution < 1.29 is 18.0 Å². The molecule has 7 heteroatoms. The van der Waals surface area contributed by atoms with Gasteiger partial charge < -0.3 is 5.32 Å². The van der Waals surface area contributed by atoms with Crippen LogP contribution in [0.5, 0.6) is 0 Å². The first-order valence-corrected chi connectivity index (χ1v) is 9.34. The Bertz CT molecular complexity index is 892. The summed E-state index contributed by atoms with van der Waals surface area (Å²) in [4.78, 5) is 23.2. The van der Waals surface area contributed by atoms with Crippen molar-refractivity contribution in [2.45, 2.75) is 24.2 Å². The van der Waals surface area contributed by atoms with Crippen molar-refractivity contribution in [3.8, 4) is 0 Å². The Balaban J connectivity index is 1.63. The highest BCUT2D eigenvalue weighted by atomic mass is 32.2. The summed E-state index contributed by atoms with van der Waals surface area (Å²) >= 11 is 0. The van der Waals surface area contributed by atoms with E-state index >= 15 is 0 Å². The highest BCUT2D eigenvalue weighted by Gasteiger charge is 2.43. The van der Waals surface area contributed by atoms with E-state index in [2.05, 4.69) is 5.32 Å². The number of anilines is 1. The van der Waals surface area contributed by atoms with Crippen molar-refractivity contribution in [1.82, 2.24) is 4.72 Å². The third-order valence-corrected chi connectivity index (χ3v) is 5.51. The summed E-state index contributed by atoms with van der Waals surface area (Å²) in [6.07, 6.45) is 0.810. The molecule has 2 N–H and O–H groups in total. The number of amides is 2. The molecule has 0 bridgehead atoms. The van der Waals surface area contributed by atoms with Gasteiger partial charge >= 0.3 is 0 Å². The zero-order valence-electron chi connectivity index (χ0n) is 13.6. The number of rotatable bonds is 5. The molecule has 2 amide bonds. The Morgan fingerprint density at radius 1 is 1.00 bits per heavy atom. The molecule has 1 aliphatic rings. The lowest BCUT2D eigenvalue weighted by atomic mass is 10.1. The monoisotopic (exact) mass is 358 g/mol. The van der Waals surface area contributed by atoms with E-state index in [9.17, 15) is 18.0 Å². The second-order valence-electron chi connectivity index (χ2n) is 6.03. The standard InChI is InChI=1S/C18H18N2O4S/c1-12(21)20-25(23,24)15-9-7-14(8-10-15)19-18(22)17-11-16(17)13-5-3-2-4-6-13/h2-10,16-17H,11H2,1H3,(H,19,22)(H,20,21). The fraction of sp³-hybridized carbons (Fsp3) is 0.222. The van der Waals surface area contributed by atoms with Gasteiger partial charge in [0.1, 0.15) is 0 Å². The average Bonchev–Trinajstić information content (AvgIpc) is 3.36. The topological polar surface area (TPSA) is 92.3 Å². The number of carbonyl (C=O) groups is 2. The second kappa shape index (κ2) is 6.68. The van der Waals surface area contributed by atoms with Gasteiger partial charge in [0.2, 0.25) is 11.8 Å². The summed E-state index contributed by atoms with van der Waals surface area (Å²) in [7, 11) is -3.87. The van der Waals surface area contributed by atoms with E-state index in [-0.39, 0.29) is 22.6 Å². The zero-order chi connectivity index (χ0) is 18.0. The molecule has 0 spiro atoms. The van der Waals surface area contributed by atoms with Gasteiger partial charge in [-0.05, 0) is 42.2 Å². The quantitative estimate of drug-likeness (QED) is 0.857. The van der Waals surface area contributed by atoms with Crippen LogP contribution in [0.15, 0.2) is 59.5 Å². The first kappa shape index (κ1) is 17.2. The normalized spacial score (nSPS) is 19.1. The first-order chi connectivity index (χ1) is 11.9. The van der Waals surface area contributed by atoms with Gasteiger partial charge in [0.15, 0.2) is 0 Å². The fourth-order valence-electron chi connectivity index (χ4n) is 2.75. The summed E-state index contributed by atoms with van der Waals surface area (Å²) < 4.78 is 25.6. The molecule has 1 saturated carbocycles. The Morgan fingerprint density at radius 3 is 2.24 bits per heavy atom. The van der Waals surface area contributed by atoms with E-state index in [1.165, 1.54) is 24.3 Å². The van der Waals surface area contributed by atoms with Gasteiger partial charge in [-0.25, -0.2) is 13.1 Å². The van der Waals surface area contributed by atoms with E-state index < -0.39 is 15.9 Å². The van der Waals surface area contributed by atoms with Gasteiger partial charge in [-0.1, -0.05) is 30.3 Å². The molecule has 2 atom stereocenters. The smallest absolute Gasteiger partial charge is 0.264 e. The number of sulfonamides is 1. The molecule has 6 nitrogen and oxygen atoms in total. The molecule has 2 unspecified atom stereocenters. The Morgan fingerprint density at radius 2 is 1.64 bits per heavy atom. The summed E-state index contributed by atoms with van der Waals surface area (Å²) in [5, 5.41) is 2.80. The molecule has 1 aliphatic carbocycles. The fourth-order valence-corrected chi connectivity index (χ4v) is 3.74. The predicted molar refractivity (Wildman–Crippen MR) is 93.4 cm³/mol. The first-order valence-electron chi connectivity index (χ1n) is 7.86. The third kappa shape index (κ3) is 4.06. The van der Waals surface area contributed by atoms with E-state index in [1.807, 2.05) is 35.1 Å². The van der Waals surface area contributed by atoms with Crippen LogP contribution in [-0.2, 0) is 19.6 Å². The zero-order valence-corrected chi connectivity index (χ0v) is 14.4. The lowest BCUT2D eigenvalue weighted by Crippen LogP contribution is -2.28. The lowest BCUT2D eigenvalue weighted by Gasteiger charge is -2.08. The minimum Gasteiger partial charge on any atom is -0.326 e. The number of nitrogens with one attached hydrogen (secondary N) is 2. The van der Waals surface area contributed by atoms with Crippen LogP contribution >= 0.6 is 0 Å².